The smallest absolute Gasteiger partial charge is 0.0631 e. The lowest BCUT2D eigenvalue weighted by Crippen LogP contribution is -2.21. The van der Waals surface area contributed by atoms with Gasteiger partial charge in [-0.25, -0.2) is 0 Å². The van der Waals surface area contributed by atoms with Gasteiger partial charge in [-0.3, -0.25) is 4.99 Å². The molecule has 0 aliphatic rings. The van der Waals surface area contributed by atoms with Crippen molar-refractivity contribution in [2.45, 2.75) is 27.7 Å². The summed E-state index contributed by atoms with van der Waals surface area (Å²) in [5, 5.41) is 0. The Kier molecular flexibility index (Phi) is 6.86. The summed E-state index contributed by atoms with van der Waals surface area (Å²) in [6.45, 7) is 12.8. The normalized spacial score (nSPS) is 11.0. The van der Waals surface area contributed by atoms with Crippen LogP contribution in [0.5, 0.6) is 0 Å². The van der Waals surface area contributed by atoms with Crippen LogP contribution in [0.3, 0.4) is 0 Å². The predicted molar refractivity (Wildman–Crippen MR) is 107 cm³/mol. The molecule has 0 radical (unpaired) electrons. The fourth-order valence-electron chi connectivity index (χ4n) is 2.85. The second-order valence-corrected chi connectivity index (χ2v) is 5.71. The van der Waals surface area contributed by atoms with Gasteiger partial charge in [0.25, 0.3) is 0 Å². The van der Waals surface area contributed by atoms with Gasteiger partial charge in [0.15, 0.2) is 0 Å². The van der Waals surface area contributed by atoms with Crippen molar-refractivity contribution in [2.24, 2.45) is 4.99 Å². The number of benzene rings is 2. The van der Waals surface area contributed by atoms with Crippen LogP contribution < -0.4 is 9.80 Å². The van der Waals surface area contributed by atoms with Crippen LogP contribution in [0.4, 0.5) is 17.1 Å². The number of aliphatic imine (C=N–C) groups is 1. The molecular formula is C21H29N3. The first-order valence-corrected chi connectivity index (χ1v) is 8.95. The molecule has 0 aromatic heterocycles. The standard InChI is InChI=1S/C21H29N3/c1-5-23(6-2)20-13-9-18(10-14-20)17-22-19-11-15-21(16-12-19)24(7-3)8-4/h9-17H,5-8H2,1-4H3. The third kappa shape index (κ3) is 4.60. The summed E-state index contributed by atoms with van der Waals surface area (Å²) in [6, 6.07) is 17.0. The van der Waals surface area contributed by atoms with Gasteiger partial charge in [-0.15, -0.1) is 0 Å². The Morgan fingerprint density at radius 2 is 1.08 bits per heavy atom. The lowest BCUT2D eigenvalue weighted by Gasteiger charge is -2.21. The Hall–Kier alpha value is -2.29. The summed E-state index contributed by atoms with van der Waals surface area (Å²) in [4.78, 5) is 9.26. The van der Waals surface area contributed by atoms with Crippen molar-refractivity contribution in [1.29, 1.82) is 0 Å². The van der Waals surface area contributed by atoms with E-state index in [0.29, 0.717) is 0 Å². The van der Waals surface area contributed by atoms with E-state index < -0.39 is 0 Å². The fraction of sp³-hybridized carbons (Fsp3) is 0.381. The molecule has 2 rings (SSSR count). The molecule has 0 saturated carbocycles. The lowest BCUT2D eigenvalue weighted by atomic mass is 10.2. The molecule has 0 amide bonds. The number of hydrogen-bond donors (Lipinski definition) is 0. The largest absolute Gasteiger partial charge is 0.372 e. The van der Waals surface area contributed by atoms with Crippen LogP contribution in [0, 0.1) is 0 Å². The van der Waals surface area contributed by atoms with Crippen molar-refractivity contribution in [1.82, 2.24) is 0 Å². The van der Waals surface area contributed by atoms with Crippen LogP contribution in [-0.4, -0.2) is 32.4 Å². The van der Waals surface area contributed by atoms with Gasteiger partial charge in [-0.2, -0.15) is 0 Å². The van der Waals surface area contributed by atoms with Crippen LogP contribution in [-0.2, 0) is 0 Å². The van der Waals surface area contributed by atoms with E-state index in [1.165, 1.54) is 11.4 Å². The van der Waals surface area contributed by atoms with Crippen LogP contribution >= 0.6 is 0 Å². The Morgan fingerprint density at radius 1 is 0.667 bits per heavy atom. The highest BCUT2D eigenvalue weighted by atomic mass is 15.1. The zero-order valence-corrected chi connectivity index (χ0v) is 15.4. The van der Waals surface area contributed by atoms with Crippen molar-refractivity contribution < 1.29 is 0 Å². The van der Waals surface area contributed by atoms with Gasteiger partial charge < -0.3 is 9.80 Å². The molecule has 0 heterocycles. The molecule has 3 nitrogen and oxygen atoms in total. The second kappa shape index (κ2) is 9.11. The molecule has 0 N–H and O–H groups in total. The predicted octanol–water partition coefficient (Wildman–Crippen LogP) is 5.13. The third-order valence-electron chi connectivity index (χ3n) is 4.36. The first-order valence-electron chi connectivity index (χ1n) is 8.95. The van der Waals surface area contributed by atoms with Crippen LogP contribution in [0.15, 0.2) is 53.5 Å². The summed E-state index contributed by atoms with van der Waals surface area (Å²) < 4.78 is 0. The molecule has 2 aromatic rings. The summed E-state index contributed by atoms with van der Waals surface area (Å²) >= 11 is 0. The van der Waals surface area contributed by atoms with Gasteiger partial charge in [0.1, 0.15) is 0 Å². The Morgan fingerprint density at radius 3 is 1.50 bits per heavy atom. The maximum absolute atomic E-state index is 4.59. The second-order valence-electron chi connectivity index (χ2n) is 5.71. The highest BCUT2D eigenvalue weighted by molar-refractivity contribution is 5.82. The molecular weight excluding hydrogens is 294 g/mol. The number of rotatable bonds is 8. The highest BCUT2D eigenvalue weighted by Gasteiger charge is 2.02. The monoisotopic (exact) mass is 323 g/mol. The molecule has 0 saturated heterocycles. The molecule has 0 unspecified atom stereocenters. The topological polar surface area (TPSA) is 18.8 Å². The maximum Gasteiger partial charge on any atom is 0.0631 e. The van der Waals surface area contributed by atoms with E-state index in [1.54, 1.807) is 0 Å². The minimum Gasteiger partial charge on any atom is -0.372 e. The van der Waals surface area contributed by atoms with Gasteiger partial charge in [-0.05, 0) is 69.7 Å². The van der Waals surface area contributed by atoms with Crippen molar-refractivity contribution in [3.05, 3.63) is 54.1 Å². The van der Waals surface area contributed by atoms with E-state index in [1.807, 2.05) is 6.21 Å². The minimum atomic E-state index is 0.985. The minimum absolute atomic E-state index is 0.985. The molecule has 0 aliphatic heterocycles. The first-order chi connectivity index (χ1) is 11.7. The molecule has 3 heteroatoms. The molecule has 2 aromatic carbocycles. The van der Waals surface area contributed by atoms with Gasteiger partial charge in [0.05, 0.1) is 5.69 Å². The van der Waals surface area contributed by atoms with E-state index in [0.717, 1.165) is 37.4 Å². The third-order valence-corrected chi connectivity index (χ3v) is 4.36. The van der Waals surface area contributed by atoms with Gasteiger partial charge in [0.2, 0.25) is 0 Å². The van der Waals surface area contributed by atoms with Crippen molar-refractivity contribution in [2.75, 3.05) is 36.0 Å². The highest BCUT2D eigenvalue weighted by Crippen LogP contribution is 2.20. The van der Waals surface area contributed by atoms with Gasteiger partial charge in [-0.1, -0.05) is 12.1 Å². The Balaban J connectivity index is 2.05. The Bertz CT molecular complexity index is 564. The molecule has 128 valence electrons. The van der Waals surface area contributed by atoms with Crippen molar-refractivity contribution in [3.63, 3.8) is 0 Å². The van der Waals surface area contributed by atoms with Gasteiger partial charge in [0, 0.05) is 43.8 Å². The quantitative estimate of drug-likeness (QED) is 0.627. The maximum atomic E-state index is 4.59. The molecule has 0 bridgehead atoms. The van der Waals surface area contributed by atoms with E-state index in [9.17, 15) is 0 Å². The van der Waals surface area contributed by atoms with E-state index >= 15 is 0 Å². The van der Waals surface area contributed by atoms with E-state index in [2.05, 4.69) is 91.0 Å². The molecule has 0 aliphatic carbocycles. The molecule has 0 fully saturated rings. The Labute approximate surface area is 146 Å². The molecule has 0 spiro atoms. The van der Waals surface area contributed by atoms with Crippen molar-refractivity contribution >= 4 is 23.3 Å². The summed E-state index contributed by atoms with van der Waals surface area (Å²) in [5.74, 6) is 0. The van der Waals surface area contributed by atoms with Crippen LogP contribution in [0.1, 0.15) is 33.3 Å². The average Bonchev–Trinajstić information content (AvgIpc) is 2.64. The lowest BCUT2D eigenvalue weighted by molar-refractivity contribution is 0.866. The fourth-order valence-corrected chi connectivity index (χ4v) is 2.85. The summed E-state index contributed by atoms with van der Waals surface area (Å²) in [6.07, 6.45) is 1.93. The average molecular weight is 323 g/mol. The van der Waals surface area contributed by atoms with E-state index in [4.69, 9.17) is 0 Å². The van der Waals surface area contributed by atoms with Crippen LogP contribution in [0.2, 0.25) is 0 Å². The SMILES string of the molecule is CCN(CC)c1ccc(C=Nc2ccc(N(CC)CC)cc2)cc1. The number of nitrogens with zero attached hydrogens (tertiary/aromatic N) is 3. The number of hydrogen-bond acceptors (Lipinski definition) is 3. The first kappa shape index (κ1) is 18.1. The van der Waals surface area contributed by atoms with Crippen molar-refractivity contribution in [3.8, 4) is 0 Å². The van der Waals surface area contributed by atoms with Gasteiger partial charge >= 0.3 is 0 Å². The summed E-state index contributed by atoms with van der Waals surface area (Å²) in [5.41, 5.74) is 4.63. The molecule has 0 atom stereocenters. The molecule has 24 heavy (non-hydrogen) atoms. The summed E-state index contributed by atoms with van der Waals surface area (Å²) in [7, 11) is 0. The van der Waals surface area contributed by atoms with E-state index in [-0.39, 0.29) is 0 Å². The van der Waals surface area contributed by atoms with Crippen LogP contribution in [0.25, 0.3) is 0 Å². The number of anilines is 2. The zero-order valence-electron chi connectivity index (χ0n) is 15.4. The zero-order chi connectivity index (χ0) is 17.4.